The van der Waals surface area contributed by atoms with Gasteiger partial charge in [0.05, 0.1) is 18.0 Å². The molecule has 3 aliphatic heterocycles. The molecule has 0 spiro atoms. The highest BCUT2D eigenvalue weighted by Gasteiger charge is 2.47. The van der Waals surface area contributed by atoms with Gasteiger partial charge in [-0.05, 0) is 48.0 Å². The molecule has 4 aliphatic rings. The summed E-state index contributed by atoms with van der Waals surface area (Å²) < 4.78 is 39.0. The van der Waals surface area contributed by atoms with E-state index in [9.17, 15) is 70.2 Å². The molecule has 0 amide bonds. The van der Waals surface area contributed by atoms with Gasteiger partial charge in [-0.2, -0.15) is 0 Å². The summed E-state index contributed by atoms with van der Waals surface area (Å²) in [6.45, 7) is -1.47. The topological polar surface area (TPSA) is 342 Å². The number of phenolic OH excluding ortho intramolecular Hbond substituents is 3. The van der Waals surface area contributed by atoms with Crippen molar-refractivity contribution in [2.24, 2.45) is 0 Å². The number of rotatable bonds is 13. The van der Waals surface area contributed by atoms with Crippen molar-refractivity contribution in [3.63, 3.8) is 0 Å². The smallest absolute Gasteiger partial charge is 0.330 e. The van der Waals surface area contributed by atoms with Crippen molar-refractivity contribution in [2.45, 2.75) is 67.8 Å². The quantitative estimate of drug-likeness (QED) is 0.0300. The number of esters is 2. The van der Waals surface area contributed by atoms with Crippen LogP contribution in [0.3, 0.4) is 0 Å². The number of phenols is 3. The Labute approximate surface area is 337 Å². The van der Waals surface area contributed by atoms with Gasteiger partial charge in [-0.25, -0.2) is 4.79 Å². The number of benzene rings is 3. The highest BCUT2D eigenvalue weighted by molar-refractivity contribution is 5.89. The summed E-state index contributed by atoms with van der Waals surface area (Å²) in [5.74, 6) is -6.32. The van der Waals surface area contributed by atoms with Crippen LogP contribution in [0.25, 0.3) is 28.7 Å². The van der Waals surface area contributed by atoms with E-state index in [0.717, 1.165) is 30.3 Å². The lowest BCUT2D eigenvalue weighted by Crippen LogP contribution is -2.60. The van der Waals surface area contributed by atoms with E-state index in [-0.39, 0.29) is 34.1 Å². The Balaban J connectivity index is 1.30. The summed E-state index contributed by atoms with van der Waals surface area (Å²) >= 11 is 0. The van der Waals surface area contributed by atoms with Gasteiger partial charge >= 0.3 is 11.9 Å². The van der Waals surface area contributed by atoms with Crippen LogP contribution in [0.1, 0.15) is 12.0 Å². The second-order valence-corrected chi connectivity index (χ2v) is 13.5. The number of hydrogen-bond donors (Lipinski definition) is 9. The van der Waals surface area contributed by atoms with Gasteiger partial charge in [-0.3, -0.25) is 9.59 Å². The van der Waals surface area contributed by atoms with Crippen LogP contribution in [0.2, 0.25) is 0 Å². The van der Waals surface area contributed by atoms with Crippen LogP contribution in [0.15, 0.2) is 76.0 Å². The first-order valence-corrected chi connectivity index (χ1v) is 17.8. The van der Waals surface area contributed by atoms with Crippen LogP contribution in [0.5, 0.6) is 28.7 Å². The maximum Gasteiger partial charge on any atom is 0.330 e. The van der Waals surface area contributed by atoms with Gasteiger partial charge in [0.25, 0.3) is 0 Å². The molecule has 21 nitrogen and oxygen atoms in total. The van der Waals surface area contributed by atoms with Gasteiger partial charge in [0.1, 0.15) is 79.3 Å². The molecule has 60 heavy (non-hydrogen) atoms. The Morgan fingerprint density at radius 1 is 0.683 bits per heavy atom. The third-order valence-electron chi connectivity index (χ3n) is 9.24. The average molecular weight is 842 g/mol. The second kappa shape index (κ2) is 18.3. The van der Waals surface area contributed by atoms with Gasteiger partial charge in [0.15, 0.2) is 28.4 Å². The fraction of sp³-hybridized carbons (Fsp3) is 0.333. The molecule has 0 aromatic heterocycles. The van der Waals surface area contributed by atoms with Crippen molar-refractivity contribution in [1.82, 2.24) is 0 Å². The van der Waals surface area contributed by atoms with Crippen LogP contribution < -0.4 is 20.0 Å². The van der Waals surface area contributed by atoms with Crippen LogP contribution >= 0.6 is 0 Å². The van der Waals surface area contributed by atoms with E-state index in [2.05, 4.69) is 0 Å². The Morgan fingerprint density at radius 3 is 1.88 bits per heavy atom. The molecule has 2 aromatic rings. The van der Waals surface area contributed by atoms with Crippen LogP contribution in [0.4, 0.5) is 0 Å². The molecule has 2 fully saturated rings. The molecule has 0 saturated carbocycles. The molecule has 2 saturated heterocycles. The Bertz CT molecular complexity index is 2240. The number of hydrogen-bond acceptors (Lipinski definition) is 21. The summed E-state index contributed by atoms with van der Waals surface area (Å²) in [6.07, 6.45) is -17.1. The normalized spacial score (nSPS) is 26.7. The predicted octanol–water partition coefficient (Wildman–Crippen LogP) is -2.16. The SMILES string of the molecule is O=C([O-])CC(=O)OC[C@H]1O[C@@H](Oc2cc(=O)cc3oc(-c4ccc(O)c(O)c4)c(O[C@@H]4O[C@H](COC(=O)/C=C/c5ccc(O)cc5)[C@@H](O)[C@H](O)[C@H]4O)cc2-3)[C@H](O)[C@@H](O)[C@@H]1O. The minimum atomic E-state index is -2.00. The van der Waals surface area contributed by atoms with Crippen molar-refractivity contribution >= 4 is 24.0 Å². The standard InChI is InChI=1S/C39H38O21/c40-18-5-1-16(2-6-18)3-8-29(46)54-14-26-31(48)34(51)36(53)39(60-26)58-25-12-20-23(56-37(25)17-4-7-21(42)22(43)9-17)10-19(41)11-24(20)57-38-35(52)33(50)32(49)27(59-38)15-55-30(47)13-28(44)45/h1-12,26-27,31-36,38-40,42-43,48-53H,13-15H2,(H,44,45)/p-1/b8-3+/t26-,27-,31-,32-,33+,34+,35-,36-,38-,39-/m1/s1. The molecule has 3 heterocycles. The number of carboxylic acids is 1. The fourth-order valence-electron chi connectivity index (χ4n) is 6.07. The van der Waals surface area contributed by atoms with Crippen LogP contribution in [-0.4, -0.2) is 138 Å². The third-order valence-corrected chi connectivity index (χ3v) is 9.24. The van der Waals surface area contributed by atoms with Crippen molar-refractivity contribution in [3.05, 3.63) is 82.5 Å². The predicted molar refractivity (Wildman–Crippen MR) is 194 cm³/mol. The molecule has 320 valence electrons. The van der Waals surface area contributed by atoms with Gasteiger partial charge in [-0.1, -0.05) is 12.1 Å². The molecule has 1 aliphatic carbocycles. The number of aliphatic carboxylic acids is 1. The van der Waals surface area contributed by atoms with Crippen molar-refractivity contribution < 1.29 is 98.3 Å². The Kier molecular flexibility index (Phi) is 13.2. The number of aliphatic hydroxyl groups is 6. The number of ether oxygens (including phenoxy) is 6. The molecular weight excluding hydrogens is 804 g/mol. The zero-order valence-electron chi connectivity index (χ0n) is 30.7. The number of fused-ring (bicyclic) bond motifs is 1. The minimum Gasteiger partial charge on any atom is -0.550 e. The number of carbonyl (C=O) groups excluding carboxylic acids is 3. The summed E-state index contributed by atoms with van der Waals surface area (Å²) in [5, 5.41) is 105. The Hall–Kier alpha value is -6.30. The molecule has 10 atom stereocenters. The van der Waals surface area contributed by atoms with Crippen molar-refractivity contribution in [3.8, 4) is 51.4 Å². The molecule has 0 radical (unpaired) electrons. The Morgan fingerprint density at radius 2 is 1.28 bits per heavy atom. The summed E-state index contributed by atoms with van der Waals surface area (Å²) in [4.78, 5) is 47.9. The van der Waals surface area contributed by atoms with Crippen molar-refractivity contribution in [2.75, 3.05) is 13.2 Å². The molecule has 9 N–H and O–H groups in total. The highest BCUT2D eigenvalue weighted by Crippen LogP contribution is 2.44. The maximum absolute atomic E-state index is 12.9. The van der Waals surface area contributed by atoms with Gasteiger partial charge in [0, 0.05) is 23.8 Å². The van der Waals surface area contributed by atoms with Crippen LogP contribution in [0, 0.1) is 0 Å². The lowest BCUT2D eigenvalue weighted by molar-refractivity contribution is -0.305. The number of carbonyl (C=O) groups is 3. The van der Waals surface area contributed by atoms with E-state index in [1.54, 1.807) is 0 Å². The molecular formula is C39H37O21-. The van der Waals surface area contributed by atoms with Crippen molar-refractivity contribution in [1.29, 1.82) is 0 Å². The molecule has 0 unspecified atom stereocenters. The molecule has 0 bridgehead atoms. The lowest BCUT2D eigenvalue weighted by Gasteiger charge is -2.40. The van der Waals surface area contributed by atoms with E-state index in [4.69, 9.17) is 32.8 Å². The first-order chi connectivity index (χ1) is 28.5. The highest BCUT2D eigenvalue weighted by atomic mass is 16.7. The fourth-order valence-corrected chi connectivity index (χ4v) is 6.07. The molecule has 2 aromatic carbocycles. The first kappa shape index (κ1) is 43.3. The minimum absolute atomic E-state index is 0.00944. The van der Waals surface area contributed by atoms with E-state index in [1.165, 1.54) is 42.5 Å². The number of aliphatic hydroxyl groups excluding tert-OH is 6. The number of carboxylic acid groups (broad SMARTS) is 1. The maximum atomic E-state index is 12.9. The number of aromatic hydroxyl groups is 3. The van der Waals surface area contributed by atoms with E-state index < -0.39 is 122 Å². The summed E-state index contributed by atoms with van der Waals surface area (Å²) in [6, 6.07) is 12.3. The third kappa shape index (κ3) is 9.93. The second-order valence-electron chi connectivity index (χ2n) is 13.5. The van der Waals surface area contributed by atoms with Gasteiger partial charge < -0.3 is 88.7 Å². The summed E-state index contributed by atoms with van der Waals surface area (Å²) in [7, 11) is 0. The summed E-state index contributed by atoms with van der Waals surface area (Å²) in [5.41, 5.74) is -0.312. The van der Waals surface area contributed by atoms with E-state index in [1.807, 2.05) is 0 Å². The monoisotopic (exact) mass is 841 g/mol. The van der Waals surface area contributed by atoms with Gasteiger partial charge in [0.2, 0.25) is 12.6 Å². The zero-order valence-corrected chi connectivity index (χ0v) is 30.7. The zero-order chi connectivity index (χ0) is 43.4. The van der Waals surface area contributed by atoms with E-state index in [0.29, 0.717) is 5.56 Å². The van der Waals surface area contributed by atoms with Crippen LogP contribution in [-0.2, 0) is 33.3 Å². The lowest BCUT2D eigenvalue weighted by atomic mass is 9.99. The first-order valence-electron chi connectivity index (χ1n) is 17.8. The van der Waals surface area contributed by atoms with Gasteiger partial charge in [-0.15, -0.1) is 0 Å². The molecule has 6 rings (SSSR count). The largest absolute Gasteiger partial charge is 0.550 e. The van der Waals surface area contributed by atoms with E-state index >= 15 is 0 Å². The average Bonchev–Trinajstić information content (AvgIpc) is 3.20. The molecule has 21 heteroatoms.